The average molecular weight is 277 g/mol. The Hall–Kier alpha value is -1.27. The van der Waals surface area contributed by atoms with Gasteiger partial charge < -0.3 is 15.2 Å². The second-order valence-corrected chi connectivity index (χ2v) is 4.03. The third kappa shape index (κ3) is 7.69. The topological polar surface area (TPSA) is 44.5 Å². The zero-order valence-corrected chi connectivity index (χ0v) is 10.6. The van der Waals surface area contributed by atoms with Gasteiger partial charge in [0.2, 0.25) is 0 Å². The molecule has 0 bridgehead atoms. The van der Waals surface area contributed by atoms with Crippen LogP contribution >= 0.6 is 0 Å². The van der Waals surface area contributed by atoms with Crippen molar-refractivity contribution in [2.24, 2.45) is 5.73 Å². The molecule has 0 heterocycles. The van der Waals surface area contributed by atoms with Crippen molar-refractivity contribution >= 4 is 0 Å². The molecule has 6 heteroatoms. The molecule has 1 aromatic carbocycles. The van der Waals surface area contributed by atoms with Crippen LogP contribution in [0.3, 0.4) is 0 Å². The molecule has 3 nitrogen and oxygen atoms in total. The van der Waals surface area contributed by atoms with Crippen molar-refractivity contribution in [3.63, 3.8) is 0 Å². The van der Waals surface area contributed by atoms with Crippen LogP contribution < -0.4 is 10.5 Å². The summed E-state index contributed by atoms with van der Waals surface area (Å²) in [6.07, 6.45) is -4.94. The minimum absolute atomic E-state index is 0.0217. The first-order chi connectivity index (χ1) is 9.01. The predicted molar refractivity (Wildman–Crippen MR) is 65.9 cm³/mol. The smallest absolute Gasteiger partial charge is 0.389 e. The molecule has 0 spiro atoms. The molecule has 0 saturated heterocycles. The van der Waals surface area contributed by atoms with E-state index >= 15 is 0 Å². The van der Waals surface area contributed by atoms with Crippen molar-refractivity contribution in [1.82, 2.24) is 0 Å². The van der Waals surface area contributed by atoms with Crippen LogP contribution in [0.25, 0.3) is 0 Å². The molecular weight excluding hydrogens is 259 g/mol. The zero-order chi connectivity index (χ0) is 14.1. The highest BCUT2D eigenvalue weighted by Crippen LogP contribution is 2.21. The summed E-state index contributed by atoms with van der Waals surface area (Å²) in [6, 6.07) is 7.34. The standard InChI is InChI=1S/C13H18F3NO2/c14-13(15,16)5-2-6-18-7-8-19-12-4-1-3-11(9-12)10-17/h1,3-4,9H,2,5-8,10,17H2. The van der Waals surface area contributed by atoms with Gasteiger partial charge in [-0.15, -0.1) is 0 Å². The van der Waals surface area contributed by atoms with E-state index in [9.17, 15) is 13.2 Å². The lowest BCUT2D eigenvalue weighted by molar-refractivity contribution is -0.138. The van der Waals surface area contributed by atoms with E-state index in [4.69, 9.17) is 15.2 Å². The SMILES string of the molecule is NCc1cccc(OCCOCCCC(F)(F)F)c1. The first-order valence-electron chi connectivity index (χ1n) is 6.07. The van der Waals surface area contributed by atoms with E-state index in [0.717, 1.165) is 5.56 Å². The summed E-state index contributed by atoms with van der Waals surface area (Å²) in [5.74, 6) is 0.682. The Morgan fingerprint density at radius 3 is 2.58 bits per heavy atom. The maximum absolute atomic E-state index is 11.8. The van der Waals surface area contributed by atoms with Crippen LogP contribution in [-0.4, -0.2) is 26.0 Å². The molecule has 0 amide bonds. The Balaban J connectivity index is 2.07. The molecule has 108 valence electrons. The van der Waals surface area contributed by atoms with Gasteiger partial charge in [-0.05, 0) is 24.1 Å². The fourth-order valence-corrected chi connectivity index (χ4v) is 1.46. The van der Waals surface area contributed by atoms with Gasteiger partial charge in [0.25, 0.3) is 0 Å². The van der Waals surface area contributed by atoms with Crippen LogP contribution in [0.4, 0.5) is 13.2 Å². The van der Waals surface area contributed by atoms with Crippen molar-refractivity contribution in [3.8, 4) is 5.75 Å². The number of hydrogen-bond donors (Lipinski definition) is 1. The van der Waals surface area contributed by atoms with Gasteiger partial charge in [0, 0.05) is 19.6 Å². The molecule has 2 N–H and O–H groups in total. The number of alkyl halides is 3. The van der Waals surface area contributed by atoms with Crippen LogP contribution in [0.5, 0.6) is 5.75 Å². The third-order valence-corrected chi connectivity index (χ3v) is 2.38. The Morgan fingerprint density at radius 2 is 1.89 bits per heavy atom. The highest BCUT2D eigenvalue weighted by atomic mass is 19.4. The highest BCUT2D eigenvalue weighted by Gasteiger charge is 2.25. The van der Waals surface area contributed by atoms with Gasteiger partial charge in [-0.2, -0.15) is 13.2 Å². The third-order valence-electron chi connectivity index (χ3n) is 2.38. The Labute approximate surface area is 110 Å². The molecule has 0 aromatic heterocycles. The second-order valence-electron chi connectivity index (χ2n) is 4.03. The molecule has 0 fully saturated rings. The van der Waals surface area contributed by atoms with E-state index in [1.165, 1.54) is 0 Å². The molecular formula is C13H18F3NO2. The van der Waals surface area contributed by atoms with Gasteiger partial charge in [-0.25, -0.2) is 0 Å². The molecule has 0 aliphatic rings. The molecule has 0 aliphatic carbocycles. The van der Waals surface area contributed by atoms with E-state index in [-0.39, 0.29) is 19.6 Å². The fraction of sp³-hybridized carbons (Fsp3) is 0.538. The van der Waals surface area contributed by atoms with Crippen molar-refractivity contribution < 1.29 is 22.6 Å². The normalized spacial score (nSPS) is 11.6. The monoisotopic (exact) mass is 277 g/mol. The summed E-state index contributed by atoms with van der Waals surface area (Å²) in [5.41, 5.74) is 6.45. The number of nitrogens with two attached hydrogens (primary N) is 1. The van der Waals surface area contributed by atoms with Gasteiger partial charge in [0.05, 0.1) is 6.61 Å². The van der Waals surface area contributed by atoms with Crippen LogP contribution in [0.15, 0.2) is 24.3 Å². The molecule has 19 heavy (non-hydrogen) atoms. The van der Waals surface area contributed by atoms with Gasteiger partial charge in [-0.3, -0.25) is 0 Å². The van der Waals surface area contributed by atoms with E-state index in [1.807, 2.05) is 18.2 Å². The van der Waals surface area contributed by atoms with Crippen LogP contribution in [-0.2, 0) is 11.3 Å². The average Bonchev–Trinajstić information content (AvgIpc) is 2.36. The van der Waals surface area contributed by atoms with Gasteiger partial charge in [-0.1, -0.05) is 12.1 Å². The van der Waals surface area contributed by atoms with Crippen molar-refractivity contribution in [3.05, 3.63) is 29.8 Å². The second kappa shape index (κ2) is 8.01. The highest BCUT2D eigenvalue weighted by molar-refractivity contribution is 5.28. The number of rotatable bonds is 8. The minimum atomic E-state index is -4.11. The maximum Gasteiger partial charge on any atom is 0.389 e. The Kier molecular flexibility index (Phi) is 6.66. The number of hydrogen-bond acceptors (Lipinski definition) is 3. The lowest BCUT2D eigenvalue weighted by Crippen LogP contribution is -2.11. The maximum atomic E-state index is 11.8. The van der Waals surface area contributed by atoms with Crippen molar-refractivity contribution in [1.29, 1.82) is 0 Å². The predicted octanol–water partition coefficient (Wildman–Crippen LogP) is 2.88. The molecule has 0 aliphatic heterocycles. The fourth-order valence-electron chi connectivity index (χ4n) is 1.46. The molecule has 1 aromatic rings. The van der Waals surface area contributed by atoms with Crippen LogP contribution in [0.1, 0.15) is 18.4 Å². The number of benzene rings is 1. The van der Waals surface area contributed by atoms with Gasteiger partial charge in [0.1, 0.15) is 12.4 Å². The lowest BCUT2D eigenvalue weighted by Gasteiger charge is -2.09. The van der Waals surface area contributed by atoms with Crippen LogP contribution in [0, 0.1) is 0 Å². The molecule has 0 radical (unpaired) electrons. The largest absolute Gasteiger partial charge is 0.491 e. The molecule has 0 saturated carbocycles. The Morgan fingerprint density at radius 1 is 1.11 bits per heavy atom. The van der Waals surface area contributed by atoms with Crippen LogP contribution in [0.2, 0.25) is 0 Å². The molecule has 0 atom stereocenters. The summed E-state index contributed by atoms with van der Waals surface area (Å²) in [4.78, 5) is 0. The Bertz CT molecular complexity index is 369. The first-order valence-corrected chi connectivity index (χ1v) is 6.07. The van der Waals surface area contributed by atoms with E-state index in [0.29, 0.717) is 18.9 Å². The molecule has 1 rings (SSSR count). The van der Waals surface area contributed by atoms with E-state index in [1.54, 1.807) is 6.07 Å². The van der Waals surface area contributed by atoms with Crippen molar-refractivity contribution in [2.75, 3.05) is 19.8 Å². The minimum Gasteiger partial charge on any atom is -0.491 e. The first kappa shape index (κ1) is 15.8. The van der Waals surface area contributed by atoms with Gasteiger partial charge in [0.15, 0.2) is 0 Å². The summed E-state index contributed by atoms with van der Waals surface area (Å²) in [5, 5.41) is 0. The molecule has 0 unspecified atom stereocenters. The van der Waals surface area contributed by atoms with Crippen molar-refractivity contribution in [2.45, 2.75) is 25.6 Å². The summed E-state index contributed by atoms with van der Waals surface area (Å²) in [6.45, 7) is 1.10. The number of halogens is 3. The lowest BCUT2D eigenvalue weighted by atomic mass is 10.2. The van der Waals surface area contributed by atoms with E-state index in [2.05, 4.69) is 0 Å². The zero-order valence-electron chi connectivity index (χ0n) is 10.6. The summed E-state index contributed by atoms with van der Waals surface area (Å²) >= 11 is 0. The van der Waals surface area contributed by atoms with E-state index < -0.39 is 12.6 Å². The summed E-state index contributed by atoms with van der Waals surface area (Å²) < 4.78 is 46.0. The summed E-state index contributed by atoms with van der Waals surface area (Å²) in [7, 11) is 0. The van der Waals surface area contributed by atoms with Gasteiger partial charge >= 0.3 is 6.18 Å². The quantitative estimate of drug-likeness (QED) is 0.743. The number of ether oxygens (including phenoxy) is 2.